The van der Waals surface area contributed by atoms with Crippen molar-refractivity contribution in [1.29, 1.82) is 0 Å². The van der Waals surface area contributed by atoms with Crippen molar-refractivity contribution in [3.8, 4) is 51.0 Å². The molecule has 0 atom stereocenters. The van der Waals surface area contributed by atoms with Gasteiger partial charge in [-0.2, -0.15) is 0 Å². The highest BCUT2D eigenvalue weighted by Gasteiger charge is 2.23. The summed E-state index contributed by atoms with van der Waals surface area (Å²) in [7, 11) is 0. The molecular weight excluding hydrogens is 717 g/mol. The second kappa shape index (κ2) is 12.6. The number of para-hydroxylation sites is 3. The largest absolute Gasteiger partial charge is 0.453 e. The summed E-state index contributed by atoms with van der Waals surface area (Å²) in [6.45, 7) is 0. The lowest BCUT2D eigenvalue weighted by atomic mass is 10.0. The van der Waals surface area contributed by atoms with Crippen molar-refractivity contribution in [3.63, 3.8) is 0 Å². The molecule has 12 rings (SSSR count). The van der Waals surface area contributed by atoms with Crippen LogP contribution in [0, 0.1) is 0 Å². The SMILES string of the molecule is c1ccc(-c2ccc(-c3nc(-c4cccc5c4oc4c5ccc5c6ccccc6n(-c6ccccc6)c54)nc(-c4cccc5sc6ccccc6c45)n3)cc2)cc1. The van der Waals surface area contributed by atoms with Crippen LogP contribution in [-0.4, -0.2) is 19.5 Å². The number of thiophene rings is 1. The van der Waals surface area contributed by atoms with E-state index in [0.29, 0.717) is 17.5 Å². The van der Waals surface area contributed by atoms with Gasteiger partial charge in [0.15, 0.2) is 23.1 Å². The van der Waals surface area contributed by atoms with Crippen molar-refractivity contribution in [1.82, 2.24) is 19.5 Å². The fourth-order valence-corrected chi connectivity index (χ4v) is 9.61. The molecule has 0 amide bonds. The quantitative estimate of drug-likeness (QED) is 0.176. The predicted octanol–water partition coefficient (Wildman–Crippen LogP) is 13.9. The summed E-state index contributed by atoms with van der Waals surface area (Å²) < 4.78 is 11.8. The van der Waals surface area contributed by atoms with E-state index in [0.717, 1.165) is 77.2 Å². The molecule has 5 nitrogen and oxygen atoms in total. The third-order valence-electron chi connectivity index (χ3n) is 11.1. The molecule has 8 aromatic carbocycles. The highest BCUT2D eigenvalue weighted by molar-refractivity contribution is 7.25. The Kier molecular flexibility index (Phi) is 7.03. The zero-order valence-corrected chi connectivity index (χ0v) is 31.2. The number of rotatable bonds is 5. The molecule has 0 saturated carbocycles. The number of nitrogens with zero attached hydrogens (tertiary/aromatic N) is 4. The highest BCUT2D eigenvalue weighted by Crippen LogP contribution is 2.44. The Morgan fingerprint density at radius 2 is 0.965 bits per heavy atom. The Labute approximate surface area is 330 Å². The van der Waals surface area contributed by atoms with Gasteiger partial charge in [0, 0.05) is 58.5 Å². The van der Waals surface area contributed by atoms with E-state index < -0.39 is 0 Å². The minimum Gasteiger partial charge on any atom is -0.453 e. The standard InChI is InChI=1S/C51H30N4OS/c1-3-13-31(14-4-1)32-25-27-33(28-26-32)49-52-50(40-20-12-24-44-45(40)39-18-8-10-23-43(39)57-44)54-51(53-49)41-21-11-19-37-38-30-29-36-35-17-7-9-22-42(35)55(34-15-5-2-6-16-34)46(36)48(38)56-47(37)41/h1-30H. The molecule has 0 saturated heterocycles. The Morgan fingerprint density at radius 1 is 0.386 bits per heavy atom. The first-order valence-corrected chi connectivity index (χ1v) is 19.8. The molecule has 57 heavy (non-hydrogen) atoms. The summed E-state index contributed by atoms with van der Waals surface area (Å²) in [5, 5.41) is 6.72. The fraction of sp³-hybridized carbons (Fsp3) is 0. The van der Waals surface area contributed by atoms with E-state index >= 15 is 0 Å². The van der Waals surface area contributed by atoms with E-state index in [1.165, 1.54) is 20.2 Å². The zero-order valence-electron chi connectivity index (χ0n) is 30.4. The van der Waals surface area contributed by atoms with Gasteiger partial charge < -0.3 is 8.98 Å². The Balaban J connectivity index is 1.12. The van der Waals surface area contributed by atoms with Crippen molar-refractivity contribution in [3.05, 3.63) is 182 Å². The van der Waals surface area contributed by atoms with Crippen molar-refractivity contribution < 1.29 is 4.42 Å². The van der Waals surface area contributed by atoms with E-state index in [9.17, 15) is 0 Å². The molecule has 12 aromatic rings. The molecule has 0 unspecified atom stereocenters. The molecular formula is C51H30N4OS. The topological polar surface area (TPSA) is 56.7 Å². The van der Waals surface area contributed by atoms with Gasteiger partial charge >= 0.3 is 0 Å². The van der Waals surface area contributed by atoms with Gasteiger partial charge in [-0.1, -0.05) is 140 Å². The van der Waals surface area contributed by atoms with Crippen LogP contribution in [0.25, 0.3) is 115 Å². The first-order valence-electron chi connectivity index (χ1n) is 19.0. The first kappa shape index (κ1) is 31.9. The Hall–Kier alpha value is -7.41. The molecule has 6 heteroatoms. The van der Waals surface area contributed by atoms with Crippen LogP contribution in [-0.2, 0) is 0 Å². The fourth-order valence-electron chi connectivity index (χ4n) is 8.47. The van der Waals surface area contributed by atoms with Crippen LogP contribution < -0.4 is 0 Å². The van der Waals surface area contributed by atoms with Crippen LogP contribution in [0.1, 0.15) is 0 Å². The van der Waals surface area contributed by atoms with Gasteiger partial charge in [0.25, 0.3) is 0 Å². The first-order chi connectivity index (χ1) is 28.3. The number of hydrogen-bond donors (Lipinski definition) is 0. The summed E-state index contributed by atoms with van der Waals surface area (Å²) >= 11 is 1.79. The van der Waals surface area contributed by atoms with Gasteiger partial charge in [-0.15, -0.1) is 11.3 Å². The maximum atomic E-state index is 7.09. The molecule has 0 radical (unpaired) electrons. The number of benzene rings is 8. The van der Waals surface area contributed by atoms with E-state index in [-0.39, 0.29) is 0 Å². The summed E-state index contributed by atoms with van der Waals surface area (Å²) in [6, 6.07) is 63.6. The predicted molar refractivity (Wildman–Crippen MR) is 236 cm³/mol. The van der Waals surface area contributed by atoms with E-state index in [1.807, 2.05) is 6.07 Å². The molecule has 0 spiro atoms. The van der Waals surface area contributed by atoms with Crippen LogP contribution in [0.15, 0.2) is 186 Å². The second-order valence-corrected chi connectivity index (χ2v) is 15.4. The average Bonchev–Trinajstić information content (AvgIpc) is 3.97. The van der Waals surface area contributed by atoms with Gasteiger partial charge in [0.1, 0.15) is 5.58 Å². The number of hydrogen-bond acceptors (Lipinski definition) is 5. The third kappa shape index (κ3) is 4.98. The van der Waals surface area contributed by atoms with E-state index in [2.05, 4.69) is 180 Å². The molecule has 0 fully saturated rings. The Bertz CT molecular complexity index is 3510. The normalized spacial score (nSPS) is 11.9. The molecule has 0 aliphatic heterocycles. The maximum absolute atomic E-state index is 7.09. The number of aromatic nitrogens is 4. The van der Waals surface area contributed by atoms with Gasteiger partial charge in [-0.25, -0.2) is 15.0 Å². The average molecular weight is 747 g/mol. The lowest BCUT2D eigenvalue weighted by Crippen LogP contribution is -2.00. The van der Waals surface area contributed by atoms with Crippen LogP contribution in [0.4, 0.5) is 0 Å². The Morgan fingerprint density at radius 3 is 1.81 bits per heavy atom. The molecule has 4 aromatic heterocycles. The highest BCUT2D eigenvalue weighted by atomic mass is 32.1. The molecule has 0 aliphatic carbocycles. The molecule has 0 bridgehead atoms. The summed E-state index contributed by atoms with van der Waals surface area (Å²) in [4.78, 5) is 15.8. The van der Waals surface area contributed by atoms with Crippen LogP contribution in [0.5, 0.6) is 0 Å². The summed E-state index contributed by atoms with van der Waals surface area (Å²) in [5.41, 5.74) is 9.81. The molecule has 4 heterocycles. The van der Waals surface area contributed by atoms with Gasteiger partial charge in [-0.3, -0.25) is 0 Å². The maximum Gasteiger partial charge on any atom is 0.167 e. The monoisotopic (exact) mass is 746 g/mol. The summed E-state index contributed by atoms with van der Waals surface area (Å²) in [6.07, 6.45) is 0. The lowest BCUT2D eigenvalue weighted by molar-refractivity contribution is 0.671. The van der Waals surface area contributed by atoms with Gasteiger partial charge in [0.05, 0.1) is 16.6 Å². The van der Waals surface area contributed by atoms with E-state index in [4.69, 9.17) is 19.4 Å². The number of furan rings is 1. The number of fused-ring (bicyclic) bond motifs is 10. The van der Waals surface area contributed by atoms with Gasteiger partial charge in [-0.05, 0) is 53.6 Å². The van der Waals surface area contributed by atoms with Crippen LogP contribution in [0.3, 0.4) is 0 Å². The van der Waals surface area contributed by atoms with Crippen molar-refractivity contribution in [2.45, 2.75) is 0 Å². The van der Waals surface area contributed by atoms with Gasteiger partial charge in [0.2, 0.25) is 0 Å². The van der Waals surface area contributed by atoms with Crippen molar-refractivity contribution in [2.75, 3.05) is 0 Å². The summed E-state index contributed by atoms with van der Waals surface area (Å²) in [5.74, 6) is 1.78. The van der Waals surface area contributed by atoms with E-state index in [1.54, 1.807) is 11.3 Å². The molecule has 0 aliphatic rings. The van der Waals surface area contributed by atoms with Crippen LogP contribution >= 0.6 is 11.3 Å². The van der Waals surface area contributed by atoms with Crippen molar-refractivity contribution in [2.24, 2.45) is 0 Å². The minimum absolute atomic E-state index is 0.558. The minimum atomic E-state index is 0.558. The molecule has 0 N–H and O–H groups in total. The second-order valence-electron chi connectivity index (χ2n) is 14.3. The third-order valence-corrected chi connectivity index (χ3v) is 12.2. The zero-order chi connectivity index (χ0) is 37.5. The lowest BCUT2D eigenvalue weighted by Gasteiger charge is -2.10. The molecule has 266 valence electrons. The smallest absolute Gasteiger partial charge is 0.167 e. The van der Waals surface area contributed by atoms with Crippen molar-refractivity contribution >= 4 is 75.3 Å². The van der Waals surface area contributed by atoms with Crippen LogP contribution in [0.2, 0.25) is 0 Å².